The van der Waals surface area contributed by atoms with Gasteiger partial charge in [-0.3, -0.25) is 4.79 Å². The van der Waals surface area contributed by atoms with Crippen LogP contribution in [0.4, 0.5) is 10.5 Å². The van der Waals surface area contributed by atoms with E-state index < -0.39 is 0 Å². The van der Waals surface area contributed by atoms with Crippen LogP contribution in [0.15, 0.2) is 29.1 Å². The highest BCUT2D eigenvalue weighted by Gasteiger charge is 2.13. The molecule has 1 aliphatic carbocycles. The molecule has 1 heterocycles. The maximum atomic E-state index is 12.1. The van der Waals surface area contributed by atoms with Crippen LogP contribution in [0.2, 0.25) is 0 Å². The van der Waals surface area contributed by atoms with E-state index in [2.05, 4.69) is 15.7 Å². The first-order valence-corrected chi connectivity index (χ1v) is 8.97. The minimum absolute atomic E-state index is 0.130. The Hall–Kier alpha value is -3.03. The Morgan fingerprint density at radius 3 is 2.78 bits per heavy atom. The third-order valence-corrected chi connectivity index (χ3v) is 4.54. The number of urea groups is 1. The van der Waals surface area contributed by atoms with E-state index in [1.807, 2.05) is 0 Å². The average molecular weight is 372 g/mol. The highest BCUT2D eigenvalue weighted by molar-refractivity contribution is 5.91. The van der Waals surface area contributed by atoms with Gasteiger partial charge < -0.3 is 20.1 Å². The fraction of sp³-hybridized carbons (Fsp3) is 0.421. The topological polar surface area (TPSA) is 94.5 Å². The van der Waals surface area contributed by atoms with Gasteiger partial charge in [0, 0.05) is 18.7 Å². The second-order valence-corrected chi connectivity index (χ2v) is 6.33. The standard InChI is InChI=1S/C19H24N4O4/c1-26-14-7-8-16(17(12-14)27-2)21-19(25)20-9-10-23-18(24)11-13-5-3-4-6-15(13)22-23/h7-8,11-12H,3-6,9-10H2,1-2H3,(H2,20,21,25). The number of nitrogens with one attached hydrogen (secondary N) is 2. The van der Waals surface area contributed by atoms with Crippen LogP contribution in [0.25, 0.3) is 0 Å². The Kier molecular flexibility index (Phi) is 5.95. The minimum atomic E-state index is -0.385. The zero-order chi connectivity index (χ0) is 19.2. The average Bonchev–Trinajstić information content (AvgIpc) is 2.68. The number of amides is 2. The molecule has 0 fully saturated rings. The number of benzene rings is 1. The van der Waals surface area contributed by atoms with Crippen LogP contribution in [-0.2, 0) is 19.4 Å². The lowest BCUT2D eigenvalue weighted by molar-refractivity contribution is 0.251. The predicted molar refractivity (Wildman–Crippen MR) is 102 cm³/mol. The van der Waals surface area contributed by atoms with Crippen molar-refractivity contribution in [2.45, 2.75) is 32.2 Å². The molecule has 0 bridgehead atoms. The smallest absolute Gasteiger partial charge is 0.319 e. The van der Waals surface area contributed by atoms with E-state index in [0.29, 0.717) is 23.7 Å². The summed E-state index contributed by atoms with van der Waals surface area (Å²) in [5.41, 5.74) is 2.45. The van der Waals surface area contributed by atoms with Crippen molar-refractivity contribution >= 4 is 11.7 Å². The predicted octanol–water partition coefficient (Wildman–Crippen LogP) is 1.96. The Bertz CT molecular complexity index is 878. The van der Waals surface area contributed by atoms with E-state index in [-0.39, 0.29) is 18.1 Å². The largest absolute Gasteiger partial charge is 0.497 e. The van der Waals surface area contributed by atoms with Gasteiger partial charge in [0.2, 0.25) is 0 Å². The van der Waals surface area contributed by atoms with Crippen LogP contribution in [0.1, 0.15) is 24.1 Å². The van der Waals surface area contributed by atoms with Crippen LogP contribution < -0.4 is 25.7 Å². The molecule has 1 aliphatic rings. The lowest BCUT2D eigenvalue weighted by Crippen LogP contribution is -2.35. The molecular weight excluding hydrogens is 348 g/mol. The number of fused-ring (bicyclic) bond motifs is 1. The van der Waals surface area contributed by atoms with Gasteiger partial charge >= 0.3 is 6.03 Å². The number of rotatable bonds is 6. The van der Waals surface area contributed by atoms with Gasteiger partial charge in [0.15, 0.2) is 0 Å². The molecule has 2 amide bonds. The van der Waals surface area contributed by atoms with Crippen molar-refractivity contribution in [2.75, 3.05) is 26.1 Å². The summed E-state index contributed by atoms with van der Waals surface area (Å²) in [5, 5.41) is 9.89. The van der Waals surface area contributed by atoms with Crippen molar-refractivity contribution in [1.29, 1.82) is 0 Å². The second kappa shape index (κ2) is 8.57. The van der Waals surface area contributed by atoms with Gasteiger partial charge in [0.1, 0.15) is 11.5 Å². The molecule has 0 saturated carbocycles. The van der Waals surface area contributed by atoms with Gasteiger partial charge in [-0.15, -0.1) is 0 Å². The van der Waals surface area contributed by atoms with Gasteiger partial charge in [-0.1, -0.05) is 0 Å². The van der Waals surface area contributed by atoms with Crippen molar-refractivity contribution < 1.29 is 14.3 Å². The molecule has 0 radical (unpaired) electrons. The van der Waals surface area contributed by atoms with Crippen molar-refractivity contribution in [3.05, 3.63) is 45.9 Å². The molecule has 3 rings (SSSR count). The number of carbonyl (C=O) groups is 1. The summed E-state index contributed by atoms with van der Waals surface area (Å²) in [4.78, 5) is 24.3. The first-order chi connectivity index (χ1) is 13.1. The summed E-state index contributed by atoms with van der Waals surface area (Å²) >= 11 is 0. The lowest BCUT2D eigenvalue weighted by Gasteiger charge is -2.16. The van der Waals surface area contributed by atoms with Crippen molar-refractivity contribution in [1.82, 2.24) is 15.1 Å². The Balaban J connectivity index is 1.57. The molecule has 0 unspecified atom stereocenters. The first-order valence-electron chi connectivity index (χ1n) is 8.97. The number of aromatic nitrogens is 2. The number of nitrogens with zero attached hydrogens (tertiary/aromatic N) is 2. The zero-order valence-corrected chi connectivity index (χ0v) is 15.6. The molecule has 0 atom stereocenters. The number of methoxy groups -OCH3 is 2. The van der Waals surface area contributed by atoms with Gasteiger partial charge in [0.05, 0.1) is 32.1 Å². The summed E-state index contributed by atoms with van der Waals surface area (Å²) in [6, 6.07) is 6.40. The molecule has 27 heavy (non-hydrogen) atoms. The zero-order valence-electron chi connectivity index (χ0n) is 15.6. The quantitative estimate of drug-likeness (QED) is 0.808. The van der Waals surface area contributed by atoms with Crippen molar-refractivity contribution in [3.63, 3.8) is 0 Å². The van der Waals surface area contributed by atoms with Crippen LogP contribution in [0.3, 0.4) is 0 Å². The van der Waals surface area contributed by atoms with E-state index in [4.69, 9.17) is 9.47 Å². The maximum absolute atomic E-state index is 12.1. The highest BCUT2D eigenvalue weighted by atomic mass is 16.5. The van der Waals surface area contributed by atoms with Crippen LogP contribution in [0.5, 0.6) is 11.5 Å². The molecule has 2 aromatic rings. The number of hydrogen-bond acceptors (Lipinski definition) is 5. The van der Waals surface area contributed by atoms with Crippen LogP contribution in [0, 0.1) is 0 Å². The first kappa shape index (κ1) is 18.8. The lowest BCUT2D eigenvalue weighted by atomic mass is 9.97. The fourth-order valence-corrected chi connectivity index (χ4v) is 3.10. The Morgan fingerprint density at radius 1 is 1.19 bits per heavy atom. The normalized spacial score (nSPS) is 12.8. The van der Waals surface area contributed by atoms with Crippen molar-refractivity contribution in [2.24, 2.45) is 0 Å². The monoisotopic (exact) mass is 372 g/mol. The summed E-state index contributed by atoms with van der Waals surface area (Å²) in [7, 11) is 3.08. The Labute approximate surface area is 157 Å². The third-order valence-electron chi connectivity index (χ3n) is 4.54. The van der Waals surface area contributed by atoms with E-state index in [9.17, 15) is 9.59 Å². The molecule has 0 saturated heterocycles. The van der Waals surface area contributed by atoms with Gasteiger partial charge in [-0.25, -0.2) is 9.48 Å². The van der Waals surface area contributed by atoms with Gasteiger partial charge in [-0.05, 0) is 43.4 Å². The van der Waals surface area contributed by atoms with E-state index in [1.54, 1.807) is 31.4 Å². The molecule has 1 aromatic heterocycles. The number of aryl methyl sites for hydroxylation is 2. The van der Waals surface area contributed by atoms with E-state index in [0.717, 1.165) is 36.9 Å². The van der Waals surface area contributed by atoms with Gasteiger partial charge in [-0.2, -0.15) is 5.10 Å². The summed E-state index contributed by atoms with van der Waals surface area (Å²) < 4.78 is 11.8. The molecule has 1 aromatic carbocycles. The van der Waals surface area contributed by atoms with E-state index in [1.165, 1.54) is 11.8 Å². The summed E-state index contributed by atoms with van der Waals surface area (Å²) in [6.07, 6.45) is 4.03. The molecular formula is C19H24N4O4. The molecule has 144 valence electrons. The SMILES string of the molecule is COc1ccc(NC(=O)NCCn2nc3c(cc2=O)CCCC3)c(OC)c1. The fourth-order valence-electron chi connectivity index (χ4n) is 3.10. The van der Waals surface area contributed by atoms with E-state index >= 15 is 0 Å². The number of hydrogen-bond donors (Lipinski definition) is 2. The number of carbonyl (C=O) groups excluding carboxylic acids is 1. The summed E-state index contributed by atoms with van der Waals surface area (Å²) in [5.74, 6) is 1.13. The van der Waals surface area contributed by atoms with Crippen LogP contribution >= 0.6 is 0 Å². The molecule has 0 spiro atoms. The maximum Gasteiger partial charge on any atom is 0.319 e. The van der Waals surface area contributed by atoms with Crippen molar-refractivity contribution in [3.8, 4) is 11.5 Å². The molecule has 8 heteroatoms. The van der Waals surface area contributed by atoms with Crippen LogP contribution in [-0.4, -0.2) is 36.6 Å². The number of ether oxygens (including phenoxy) is 2. The highest BCUT2D eigenvalue weighted by Crippen LogP contribution is 2.28. The Morgan fingerprint density at radius 2 is 2.00 bits per heavy atom. The van der Waals surface area contributed by atoms with Gasteiger partial charge in [0.25, 0.3) is 5.56 Å². The molecule has 2 N–H and O–H groups in total. The number of anilines is 1. The summed E-state index contributed by atoms with van der Waals surface area (Å²) in [6.45, 7) is 0.606. The minimum Gasteiger partial charge on any atom is -0.497 e. The second-order valence-electron chi connectivity index (χ2n) is 6.33. The molecule has 0 aliphatic heterocycles. The third kappa shape index (κ3) is 4.58. The molecule has 8 nitrogen and oxygen atoms in total.